The molecule has 0 bridgehead atoms. The highest BCUT2D eigenvalue weighted by atomic mass is 35.5. The monoisotopic (exact) mass is 227 g/mol. The van der Waals surface area contributed by atoms with Gasteiger partial charge >= 0.3 is 0 Å². The van der Waals surface area contributed by atoms with E-state index in [4.69, 9.17) is 16.3 Å². The molecule has 1 fully saturated rings. The zero-order valence-corrected chi connectivity index (χ0v) is 9.44. The molecule has 0 aromatic carbocycles. The second-order valence-corrected chi connectivity index (χ2v) is 3.85. The van der Waals surface area contributed by atoms with Gasteiger partial charge in [-0.3, -0.25) is 0 Å². The van der Waals surface area contributed by atoms with Crippen molar-refractivity contribution in [3.63, 3.8) is 0 Å². The van der Waals surface area contributed by atoms with Gasteiger partial charge < -0.3 is 9.64 Å². The molecule has 1 aliphatic heterocycles. The summed E-state index contributed by atoms with van der Waals surface area (Å²) < 4.78 is 5.44. The number of ether oxygens (including phenoxy) is 1. The average Bonchev–Trinajstić information content (AvgIpc) is 2.29. The lowest BCUT2D eigenvalue weighted by Crippen LogP contribution is -2.45. The van der Waals surface area contributed by atoms with Crippen LogP contribution in [0, 0.1) is 0 Å². The Morgan fingerprint density at radius 3 is 3.27 bits per heavy atom. The number of hydrogen-bond acceptors (Lipinski definition) is 4. The summed E-state index contributed by atoms with van der Waals surface area (Å²) in [6.45, 7) is 4.53. The van der Waals surface area contributed by atoms with E-state index in [1.54, 1.807) is 6.20 Å². The zero-order chi connectivity index (χ0) is 10.7. The third-order valence-electron chi connectivity index (χ3n) is 2.60. The number of halogens is 1. The average molecular weight is 228 g/mol. The van der Waals surface area contributed by atoms with Crippen molar-refractivity contribution in [1.82, 2.24) is 9.97 Å². The summed E-state index contributed by atoms with van der Waals surface area (Å²) in [5.41, 5.74) is 0. The summed E-state index contributed by atoms with van der Waals surface area (Å²) >= 11 is 5.77. The van der Waals surface area contributed by atoms with Gasteiger partial charge in [-0.2, -0.15) is 0 Å². The van der Waals surface area contributed by atoms with E-state index in [2.05, 4.69) is 21.8 Å². The first-order chi connectivity index (χ1) is 7.31. The van der Waals surface area contributed by atoms with E-state index >= 15 is 0 Å². The zero-order valence-electron chi connectivity index (χ0n) is 8.69. The summed E-state index contributed by atoms with van der Waals surface area (Å²) in [4.78, 5) is 10.3. The van der Waals surface area contributed by atoms with Crippen LogP contribution in [-0.2, 0) is 4.74 Å². The maximum absolute atomic E-state index is 5.77. The SMILES string of the molecule is CCC1COCCN1c1ccnc(Cl)n1. The predicted octanol–water partition coefficient (Wildman–Crippen LogP) is 1.75. The molecular formula is C10H14ClN3O. The van der Waals surface area contributed by atoms with E-state index in [1.807, 2.05) is 6.07 Å². The first-order valence-electron chi connectivity index (χ1n) is 5.14. The van der Waals surface area contributed by atoms with Gasteiger partial charge in [0.1, 0.15) is 5.82 Å². The van der Waals surface area contributed by atoms with Gasteiger partial charge in [0.25, 0.3) is 0 Å². The number of nitrogens with zero attached hydrogens (tertiary/aromatic N) is 3. The second-order valence-electron chi connectivity index (χ2n) is 3.51. The molecule has 0 N–H and O–H groups in total. The molecule has 1 aliphatic rings. The molecule has 4 nitrogen and oxygen atoms in total. The molecule has 2 heterocycles. The van der Waals surface area contributed by atoms with E-state index in [0.29, 0.717) is 11.3 Å². The van der Waals surface area contributed by atoms with Gasteiger partial charge in [-0.25, -0.2) is 9.97 Å². The predicted molar refractivity (Wildman–Crippen MR) is 59.3 cm³/mol. The van der Waals surface area contributed by atoms with Gasteiger partial charge in [0, 0.05) is 12.7 Å². The Hall–Kier alpha value is -0.870. The largest absolute Gasteiger partial charge is 0.377 e. The molecule has 2 rings (SSSR count). The number of anilines is 1. The lowest BCUT2D eigenvalue weighted by Gasteiger charge is -2.35. The van der Waals surface area contributed by atoms with Crippen LogP contribution >= 0.6 is 11.6 Å². The Balaban J connectivity index is 2.20. The third-order valence-corrected chi connectivity index (χ3v) is 2.79. The molecular weight excluding hydrogens is 214 g/mol. The quantitative estimate of drug-likeness (QED) is 0.722. The van der Waals surface area contributed by atoms with Crippen LogP contribution in [0.25, 0.3) is 0 Å². The fourth-order valence-corrected chi connectivity index (χ4v) is 1.92. The summed E-state index contributed by atoms with van der Waals surface area (Å²) in [5, 5.41) is 0.300. The molecule has 82 valence electrons. The third kappa shape index (κ3) is 2.38. The number of morpholine rings is 1. The summed E-state index contributed by atoms with van der Waals surface area (Å²) in [5.74, 6) is 0.894. The molecule has 1 aromatic rings. The van der Waals surface area contributed by atoms with Crippen molar-refractivity contribution in [3.8, 4) is 0 Å². The minimum Gasteiger partial charge on any atom is -0.377 e. The van der Waals surface area contributed by atoms with Crippen LogP contribution in [0.4, 0.5) is 5.82 Å². The lowest BCUT2D eigenvalue weighted by molar-refractivity contribution is 0.0925. The first-order valence-corrected chi connectivity index (χ1v) is 5.52. The van der Waals surface area contributed by atoms with Crippen molar-refractivity contribution in [2.75, 3.05) is 24.7 Å². The Labute approximate surface area is 94.2 Å². The topological polar surface area (TPSA) is 38.2 Å². The molecule has 5 heteroatoms. The van der Waals surface area contributed by atoms with Gasteiger partial charge in [0.05, 0.1) is 19.3 Å². The van der Waals surface area contributed by atoms with Crippen LogP contribution in [-0.4, -0.2) is 35.8 Å². The van der Waals surface area contributed by atoms with Gasteiger partial charge in [-0.1, -0.05) is 6.92 Å². The normalized spacial score (nSPS) is 21.7. The van der Waals surface area contributed by atoms with Gasteiger partial charge in [-0.05, 0) is 24.1 Å². The van der Waals surface area contributed by atoms with Crippen LogP contribution in [0.2, 0.25) is 5.28 Å². The molecule has 1 aromatic heterocycles. The first kappa shape index (κ1) is 10.6. The number of rotatable bonds is 2. The van der Waals surface area contributed by atoms with E-state index in [9.17, 15) is 0 Å². The fraction of sp³-hybridized carbons (Fsp3) is 0.600. The minimum absolute atomic E-state index is 0.300. The highest BCUT2D eigenvalue weighted by Crippen LogP contribution is 2.19. The van der Waals surface area contributed by atoms with E-state index in [0.717, 1.165) is 32.0 Å². The Morgan fingerprint density at radius 1 is 1.67 bits per heavy atom. The van der Waals surface area contributed by atoms with Crippen molar-refractivity contribution in [3.05, 3.63) is 17.5 Å². The van der Waals surface area contributed by atoms with Gasteiger partial charge in [-0.15, -0.1) is 0 Å². The van der Waals surface area contributed by atoms with Crippen molar-refractivity contribution in [2.45, 2.75) is 19.4 Å². The minimum atomic E-state index is 0.300. The Bertz CT molecular complexity index is 334. The molecule has 15 heavy (non-hydrogen) atoms. The molecule has 0 radical (unpaired) electrons. The number of hydrogen-bond donors (Lipinski definition) is 0. The van der Waals surface area contributed by atoms with Gasteiger partial charge in [0.2, 0.25) is 5.28 Å². The molecule has 1 atom stereocenters. The van der Waals surface area contributed by atoms with Crippen molar-refractivity contribution >= 4 is 17.4 Å². The number of aromatic nitrogens is 2. The van der Waals surface area contributed by atoms with Crippen LogP contribution in [0.1, 0.15) is 13.3 Å². The Kier molecular flexibility index (Phi) is 3.38. The van der Waals surface area contributed by atoms with Crippen LogP contribution in [0.5, 0.6) is 0 Å². The standard InChI is InChI=1S/C10H14ClN3O/c1-2-8-7-15-6-5-14(8)9-3-4-12-10(11)13-9/h3-4,8H,2,5-7H2,1H3. The Morgan fingerprint density at radius 2 is 2.53 bits per heavy atom. The smallest absolute Gasteiger partial charge is 0.224 e. The maximum Gasteiger partial charge on any atom is 0.224 e. The summed E-state index contributed by atoms with van der Waals surface area (Å²) in [6, 6.07) is 2.28. The molecule has 0 saturated carbocycles. The summed E-state index contributed by atoms with van der Waals surface area (Å²) in [6.07, 6.45) is 2.73. The molecule has 0 aliphatic carbocycles. The van der Waals surface area contributed by atoms with Crippen molar-refractivity contribution in [1.29, 1.82) is 0 Å². The molecule has 1 unspecified atom stereocenters. The van der Waals surface area contributed by atoms with Crippen LogP contribution in [0.3, 0.4) is 0 Å². The lowest BCUT2D eigenvalue weighted by atomic mass is 10.2. The molecule has 0 amide bonds. The van der Waals surface area contributed by atoms with Crippen molar-refractivity contribution in [2.24, 2.45) is 0 Å². The van der Waals surface area contributed by atoms with E-state index in [1.165, 1.54) is 0 Å². The van der Waals surface area contributed by atoms with Crippen LogP contribution in [0.15, 0.2) is 12.3 Å². The summed E-state index contributed by atoms with van der Waals surface area (Å²) in [7, 11) is 0. The molecule has 1 saturated heterocycles. The van der Waals surface area contributed by atoms with E-state index in [-0.39, 0.29) is 0 Å². The fourth-order valence-electron chi connectivity index (χ4n) is 1.78. The highest BCUT2D eigenvalue weighted by molar-refractivity contribution is 6.28. The maximum atomic E-state index is 5.77. The van der Waals surface area contributed by atoms with Gasteiger partial charge in [0.15, 0.2) is 0 Å². The van der Waals surface area contributed by atoms with Crippen LogP contribution < -0.4 is 4.90 Å². The van der Waals surface area contributed by atoms with E-state index < -0.39 is 0 Å². The van der Waals surface area contributed by atoms with Crippen molar-refractivity contribution < 1.29 is 4.74 Å². The highest BCUT2D eigenvalue weighted by Gasteiger charge is 2.22. The molecule has 0 spiro atoms. The second kappa shape index (κ2) is 4.77.